The first-order valence-electron chi connectivity index (χ1n) is 15.0. The van der Waals surface area contributed by atoms with Crippen molar-refractivity contribution in [1.29, 1.82) is 0 Å². The first-order chi connectivity index (χ1) is 19.5. The van der Waals surface area contributed by atoms with Crippen molar-refractivity contribution in [2.24, 2.45) is 0 Å². The molecule has 40 heavy (non-hydrogen) atoms. The van der Waals surface area contributed by atoms with Crippen LogP contribution in [0.25, 0.3) is 21.8 Å². The van der Waals surface area contributed by atoms with Gasteiger partial charge in [0.1, 0.15) is 6.54 Å². The zero-order valence-corrected chi connectivity index (χ0v) is 24.1. The summed E-state index contributed by atoms with van der Waals surface area (Å²) in [5, 5.41) is 2.33. The average Bonchev–Trinajstić information content (AvgIpc) is 3.28. The number of unbranched alkanes of at least 4 members (excludes halogenated alkanes) is 1. The van der Waals surface area contributed by atoms with Gasteiger partial charge in [-0.3, -0.25) is 19.7 Å². The molecular weight excluding hydrogens is 498 g/mol. The summed E-state index contributed by atoms with van der Waals surface area (Å²) in [6.45, 7) is 9.62. The Bertz CT molecular complexity index is 1490. The van der Waals surface area contributed by atoms with Gasteiger partial charge in [0.05, 0.1) is 35.2 Å². The van der Waals surface area contributed by atoms with Crippen molar-refractivity contribution < 1.29 is 9.53 Å². The second kappa shape index (κ2) is 11.7. The summed E-state index contributed by atoms with van der Waals surface area (Å²) in [6.07, 6.45) is 9.61. The van der Waals surface area contributed by atoms with E-state index < -0.39 is 0 Å². The highest BCUT2D eigenvalue weighted by atomic mass is 16.5. The fourth-order valence-corrected chi connectivity index (χ4v) is 6.81. The van der Waals surface area contributed by atoms with Gasteiger partial charge >= 0.3 is 0 Å². The van der Waals surface area contributed by atoms with Gasteiger partial charge in [-0.1, -0.05) is 37.6 Å². The van der Waals surface area contributed by atoms with Crippen LogP contribution in [-0.2, 0) is 29.0 Å². The van der Waals surface area contributed by atoms with E-state index in [1.807, 2.05) is 31.1 Å². The predicted octanol–water partition coefficient (Wildman–Crippen LogP) is 5.90. The molecule has 210 valence electrons. The number of aromatic nitrogens is 3. The van der Waals surface area contributed by atoms with Crippen LogP contribution in [0.5, 0.6) is 0 Å². The summed E-state index contributed by atoms with van der Waals surface area (Å²) in [6, 6.07) is 15.1. The summed E-state index contributed by atoms with van der Waals surface area (Å²) >= 11 is 0. The van der Waals surface area contributed by atoms with Gasteiger partial charge in [-0.15, -0.1) is 0 Å². The lowest BCUT2D eigenvalue weighted by Gasteiger charge is -2.36. The summed E-state index contributed by atoms with van der Waals surface area (Å²) < 4.78 is 8.11. The monoisotopic (exact) mass is 539 g/mol. The van der Waals surface area contributed by atoms with E-state index >= 15 is 0 Å². The second-order valence-electron chi connectivity index (χ2n) is 11.6. The van der Waals surface area contributed by atoms with Crippen molar-refractivity contribution in [2.45, 2.75) is 84.2 Å². The van der Waals surface area contributed by atoms with Gasteiger partial charge in [-0.05, 0) is 69.8 Å². The lowest BCUT2D eigenvalue weighted by atomic mass is 9.90. The SMILES string of the molecule is CCCCN(Cc1nccc2c3ccccc3n(CC(=O)N3C[C@@H](C)O[C@@H](C)C3)c12)C1CCCc2cccnc21. The Morgan fingerprint density at radius 2 is 1.85 bits per heavy atom. The Kier molecular flexibility index (Phi) is 7.85. The van der Waals surface area contributed by atoms with Crippen molar-refractivity contribution >= 4 is 27.7 Å². The molecule has 4 heterocycles. The van der Waals surface area contributed by atoms with E-state index in [0.717, 1.165) is 60.9 Å². The molecule has 1 fully saturated rings. The Labute approximate surface area is 237 Å². The van der Waals surface area contributed by atoms with Gasteiger partial charge in [0, 0.05) is 48.3 Å². The molecule has 7 nitrogen and oxygen atoms in total. The molecule has 0 radical (unpaired) electrons. The third kappa shape index (κ3) is 5.25. The Morgan fingerprint density at radius 1 is 1.02 bits per heavy atom. The highest BCUT2D eigenvalue weighted by Gasteiger charge is 2.30. The first-order valence-corrected chi connectivity index (χ1v) is 15.0. The number of pyridine rings is 2. The Morgan fingerprint density at radius 3 is 2.67 bits per heavy atom. The molecule has 0 N–H and O–H groups in total. The molecule has 1 aliphatic heterocycles. The van der Waals surface area contributed by atoms with E-state index in [1.165, 1.54) is 23.1 Å². The van der Waals surface area contributed by atoms with Crippen molar-refractivity contribution in [2.75, 3.05) is 19.6 Å². The van der Waals surface area contributed by atoms with E-state index in [9.17, 15) is 4.79 Å². The van der Waals surface area contributed by atoms with E-state index in [1.54, 1.807) is 0 Å². The minimum absolute atomic E-state index is 0.0437. The number of aryl methyl sites for hydroxylation is 1. The van der Waals surface area contributed by atoms with Gasteiger partial charge in [0.15, 0.2) is 0 Å². The number of ether oxygens (including phenoxy) is 1. The van der Waals surface area contributed by atoms with Gasteiger partial charge in [0.2, 0.25) is 5.91 Å². The first kappa shape index (κ1) is 26.9. The predicted molar refractivity (Wildman–Crippen MR) is 159 cm³/mol. The lowest BCUT2D eigenvalue weighted by Crippen LogP contribution is -2.49. The van der Waals surface area contributed by atoms with Gasteiger partial charge in [0.25, 0.3) is 0 Å². The quantitative estimate of drug-likeness (QED) is 0.279. The van der Waals surface area contributed by atoms with E-state index in [0.29, 0.717) is 19.6 Å². The fraction of sp³-hybridized carbons (Fsp3) is 0.485. The molecule has 1 amide bonds. The van der Waals surface area contributed by atoms with Crippen LogP contribution in [0, 0.1) is 0 Å². The highest BCUT2D eigenvalue weighted by Crippen LogP contribution is 2.36. The standard InChI is InChI=1S/C33H41N5O2/c1-4-5-18-36(30-14-8-10-25-11-9-16-35-32(25)30)21-28-33-27(15-17-34-28)26-12-6-7-13-29(26)38(33)22-31(39)37-19-23(2)40-24(3)20-37/h6-7,9,11-13,15-17,23-24,30H,4-5,8,10,14,18-22H2,1-3H3/t23-,24+,30?. The minimum Gasteiger partial charge on any atom is -0.372 e. The number of morpholine rings is 1. The van der Waals surface area contributed by atoms with Crippen LogP contribution < -0.4 is 0 Å². The smallest absolute Gasteiger partial charge is 0.242 e. The highest BCUT2D eigenvalue weighted by molar-refractivity contribution is 6.09. The number of fused-ring (bicyclic) bond motifs is 4. The number of carbonyl (C=O) groups excluding carboxylic acids is 1. The maximum absolute atomic E-state index is 13.7. The van der Waals surface area contributed by atoms with Crippen molar-refractivity contribution in [3.05, 3.63) is 71.8 Å². The molecule has 1 saturated heterocycles. The molecule has 1 unspecified atom stereocenters. The Balaban J connectivity index is 1.40. The van der Waals surface area contributed by atoms with Crippen LogP contribution in [0.1, 0.15) is 69.4 Å². The summed E-state index contributed by atoms with van der Waals surface area (Å²) in [5.74, 6) is 0.132. The number of benzene rings is 1. The molecule has 4 aromatic rings. The van der Waals surface area contributed by atoms with E-state index in [2.05, 4.69) is 58.9 Å². The summed E-state index contributed by atoms with van der Waals surface area (Å²) in [5.41, 5.74) is 5.79. The van der Waals surface area contributed by atoms with Crippen LogP contribution in [0.3, 0.4) is 0 Å². The number of rotatable bonds is 8. The number of nitrogens with zero attached hydrogens (tertiary/aromatic N) is 5. The van der Waals surface area contributed by atoms with Crippen LogP contribution in [0.4, 0.5) is 0 Å². The van der Waals surface area contributed by atoms with Gasteiger partial charge < -0.3 is 14.2 Å². The van der Waals surface area contributed by atoms with Crippen LogP contribution in [0.15, 0.2) is 54.9 Å². The topological polar surface area (TPSA) is 63.5 Å². The average molecular weight is 540 g/mol. The maximum atomic E-state index is 13.7. The minimum atomic E-state index is 0.0437. The van der Waals surface area contributed by atoms with E-state index in [-0.39, 0.29) is 24.2 Å². The summed E-state index contributed by atoms with van der Waals surface area (Å²) in [4.78, 5) is 28.1. The maximum Gasteiger partial charge on any atom is 0.242 e. The molecule has 6 rings (SSSR count). The molecule has 3 aromatic heterocycles. The number of hydrogen-bond acceptors (Lipinski definition) is 5. The third-order valence-corrected chi connectivity index (χ3v) is 8.58. The van der Waals surface area contributed by atoms with Crippen molar-refractivity contribution in [1.82, 2.24) is 24.3 Å². The second-order valence-corrected chi connectivity index (χ2v) is 11.6. The largest absolute Gasteiger partial charge is 0.372 e. The molecule has 0 spiro atoms. The zero-order chi connectivity index (χ0) is 27.6. The Hall–Kier alpha value is -3.29. The van der Waals surface area contributed by atoms with Crippen molar-refractivity contribution in [3.63, 3.8) is 0 Å². The summed E-state index contributed by atoms with van der Waals surface area (Å²) in [7, 11) is 0. The molecular formula is C33H41N5O2. The number of amides is 1. The number of carbonyl (C=O) groups is 1. The molecule has 3 atom stereocenters. The van der Waals surface area contributed by atoms with Gasteiger partial charge in [-0.25, -0.2) is 0 Å². The zero-order valence-electron chi connectivity index (χ0n) is 24.1. The lowest BCUT2D eigenvalue weighted by molar-refractivity contribution is -0.143. The normalized spacial score (nSPS) is 21.3. The number of hydrogen-bond donors (Lipinski definition) is 0. The van der Waals surface area contributed by atoms with Crippen LogP contribution in [0.2, 0.25) is 0 Å². The van der Waals surface area contributed by atoms with Gasteiger partial charge in [-0.2, -0.15) is 0 Å². The van der Waals surface area contributed by atoms with Crippen molar-refractivity contribution in [3.8, 4) is 0 Å². The van der Waals surface area contributed by atoms with Crippen LogP contribution >= 0.6 is 0 Å². The molecule has 2 aliphatic rings. The molecule has 1 aliphatic carbocycles. The number of para-hydroxylation sites is 1. The molecule has 0 bridgehead atoms. The van der Waals surface area contributed by atoms with E-state index in [4.69, 9.17) is 14.7 Å². The fourth-order valence-electron chi connectivity index (χ4n) is 6.81. The molecule has 1 aromatic carbocycles. The molecule has 7 heteroatoms. The third-order valence-electron chi connectivity index (χ3n) is 8.58. The van der Waals surface area contributed by atoms with Crippen LogP contribution in [-0.4, -0.2) is 62.1 Å². The molecule has 0 saturated carbocycles.